The van der Waals surface area contributed by atoms with Crippen LogP contribution in [0.1, 0.15) is 19.4 Å². The lowest BCUT2D eigenvalue weighted by Gasteiger charge is -2.14. The lowest BCUT2D eigenvalue weighted by atomic mass is 10.1. The van der Waals surface area contributed by atoms with Gasteiger partial charge in [0.15, 0.2) is 0 Å². The van der Waals surface area contributed by atoms with E-state index in [0.717, 1.165) is 24.6 Å². The third-order valence-corrected chi connectivity index (χ3v) is 5.47. The molecule has 0 aliphatic carbocycles. The summed E-state index contributed by atoms with van der Waals surface area (Å²) >= 11 is 0. The summed E-state index contributed by atoms with van der Waals surface area (Å²) in [5.41, 5.74) is 6.22. The summed E-state index contributed by atoms with van der Waals surface area (Å²) < 4.78 is 4.72. The summed E-state index contributed by atoms with van der Waals surface area (Å²) in [6, 6.07) is 17.4. The molecule has 0 spiro atoms. The molecule has 6 heteroatoms. The molecule has 4 nitrogen and oxygen atoms in total. The van der Waals surface area contributed by atoms with E-state index in [1.54, 1.807) is 4.90 Å². The van der Waals surface area contributed by atoms with Crippen molar-refractivity contribution in [3.63, 3.8) is 0 Å². The number of hydrogen-bond donors (Lipinski definition) is 2. The second-order valence-corrected chi connectivity index (χ2v) is 7.07. The molecule has 0 bridgehead atoms. The predicted molar refractivity (Wildman–Crippen MR) is 107 cm³/mol. The van der Waals surface area contributed by atoms with E-state index < -0.39 is 0 Å². The van der Waals surface area contributed by atoms with Crippen LogP contribution in [-0.2, 0) is 6.54 Å². The number of para-hydroxylation sites is 2. The first kappa shape index (κ1) is 22.3. The van der Waals surface area contributed by atoms with E-state index >= 15 is 0 Å². The molecule has 28 heavy (non-hydrogen) atoms. The number of aryl methyl sites for hydroxylation is 1. The molecule has 0 atom stereocenters. The first-order valence-electron chi connectivity index (χ1n) is 9.63. The van der Waals surface area contributed by atoms with Crippen LogP contribution in [0.5, 0.6) is 0 Å². The van der Waals surface area contributed by atoms with Gasteiger partial charge in [-0.3, -0.25) is 0 Å². The number of nitrogens with zero attached hydrogens (tertiary/aromatic N) is 2. The summed E-state index contributed by atoms with van der Waals surface area (Å²) in [7, 11) is 0. The number of halogens is 2. The molecule has 2 heterocycles. The highest BCUT2D eigenvalue weighted by Crippen LogP contribution is 2.22. The van der Waals surface area contributed by atoms with Crippen LogP contribution >= 0.6 is 0 Å². The van der Waals surface area contributed by atoms with Crippen LogP contribution in [0.3, 0.4) is 0 Å². The number of hydrogen-bond acceptors (Lipinski definition) is 0. The van der Waals surface area contributed by atoms with Crippen molar-refractivity contribution in [3.8, 4) is 11.3 Å². The number of benzene rings is 2. The van der Waals surface area contributed by atoms with Gasteiger partial charge in [-0.2, -0.15) is 4.40 Å². The molecule has 4 aromatic rings. The Labute approximate surface area is 179 Å². The van der Waals surface area contributed by atoms with Gasteiger partial charge in [0.25, 0.3) is 0 Å². The van der Waals surface area contributed by atoms with Gasteiger partial charge in [0.1, 0.15) is 36.0 Å². The summed E-state index contributed by atoms with van der Waals surface area (Å²) in [5.74, 6) is 1.16. The number of nitrogens with one attached hydrogen (secondary N) is 2. The minimum absolute atomic E-state index is 0. The number of rotatable bonds is 6. The smallest absolute Gasteiger partial charge is 0.368 e. The number of likely N-dealkylation sites (N-methyl/N-ethyl adjacent to an activating group) is 1. The second-order valence-electron chi connectivity index (χ2n) is 7.07. The van der Waals surface area contributed by atoms with Gasteiger partial charge in [-0.15, -0.1) is 0 Å². The number of quaternary nitrogens is 1. The Hall–Kier alpha value is -2.01. The Balaban J connectivity index is 0.00000140. The van der Waals surface area contributed by atoms with Crippen molar-refractivity contribution >= 4 is 16.8 Å². The number of aromatic amines is 1. The van der Waals surface area contributed by atoms with Crippen molar-refractivity contribution in [1.82, 2.24) is 9.38 Å². The van der Waals surface area contributed by atoms with Crippen LogP contribution in [0.2, 0.25) is 0 Å². The molecule has 0 saturated heterocycles. The molecule has 2 aromatic carbocycles. The van der Waals surface area contributed by atoms with Crippen molar-refractivity contribution in [2.75, 3.05) is 19.6 Å². The largest absolute Gasteiger partial charge is 1.00 e. The fourth-order valence-corrected chi connectivity index (χ4v) is 3.77. The van der Waals surface area contributed by atoms with Gasteiger partial charge in [0.05, 0.1) is 13.1 Å². The quantitative estimate of drug-likeness (QED) is 0.306. The van der Waals surface area contributed by atoms with Crippen molar-refractivity contribution in [1.29, 1.82) is 0 Å². The Bertz CT molecular complexity index is 1030. The van der Waals surface area contributed by atoms with Gasteiger partial charge < -0.3 is 29.7 Å². The highest BCUT2D eigenvalue weighted by atomic mass is 35.5. The number of aromatic nitrogens is 3. The summed E-state index contributed by atoms with van der Waals surface area (Å²) in [5, 5.41) is 0. The maximum absolute atomic E-state index is 3.67. The molecule has 4 rings (SSSR count). The zero-order valence-electron chi connectivity index (χ0n) is 16.7. The fourth-order valence-electron chi connectivity index (χ4n) is 3.77. The number of fused-ring (bicyclic) bond motifs is 3. The Morgan fingerprint density at radius 3 is 2.32 bits per heavy atom. The maximum atomic E-state index is 3.67. The molecule has 0 aliphatic heterocycles. The Kier molecular flexibility index (Phi) is 7.53. The summed E-state index contributed by atoms with van der Waals surface area (Å²) in [6.07, 6.45) is 2.23. The van der Waals surface area contributed by atoms with E-state index in [1.807, 2.05) is 0 Å². The van der Waals surface area contributed by atoms with Crippen LogP contribution < -0.4 is 34.3 Å². The van der Waals surface area contributed by atoms with Crippen LogP contribution in [-0.4, -0.2) is 29.0 Å². The van der Waals surface area contributed by atoms with E-state index in [2.05, 4.69) is 89.5 Å². The zero-order chi connectivity index (χ0) is 18.1. The third kappa shape index (κ3) is 4.04. The highest BCUT2D eigenvalue weighted by Gasteiger charge is 2.22. The molecule has 0 amide bonds. The maximum Gasteiger partial charge on any atom is 0.368 e. The topological polar surface area (TPSA) is 28.5 Å². The normalized spacial score (nSPS) is 11.0. The predicted octanol–water partition coefficient (Wildman–Crippen LogP) is -3.38. The molecule has 0 radical (unpaired) electrons. The van der Waals surface area contributed by atoms with Crippen molar-refractivity contribution in [2.24, 2.45) is 0 Å². The second kappa shape index (κ2) is 9.46. The fraction of sp³-hybridized carbons (Fsp3) is 0.318. The summed E-state index contributed by atoms with van der Waals surface area (Å²) in [6.45, 7) is 11.2. The SMILES string of the molecule is CC[NH+](CC)CC[n+]1c2ccccc2n2cc(-c3ccc(C)cc3)[nH]c21.[Cl-].[Cl-]. The first-order valence-corrected chi connectivity index (χ1v) is 9.63. The van der Waals surface area contributed by atoms with E-state index in [0.29, 0.717) is 0 Å². The summed E-state index contributed by atoms with van der Waals surface area (Å²) in [4.78, 5) is 5.30. The third-order valence-electron chi connectivity index (χ3n) is 5.47. The molecular formula is C22H28Cl2N4. The van der Waals surface area contributed by atoms with Gasteiger partial charge in [0.2, 0.25) is 0 Å². The highest BCUT2D eigenvalue weighted by molar-refractivity contribution is 5.76. The molecule has 2 aromatic heterocycles. The van der Waals surface area contributed by atoms with Crippen molar-refractivity contribution in [2.45, 2.75) is 27.3 Å². The molecule has 150 valence electrons. The lowest BCUT2D eigenvalue weighted by Crippen LogP contribution is -3.12. The number of imidazole rings is 2. The average Bonchev–Trinajstić information content (AvgIpc) is 3.22. The van der Waals surface area contributed by atoms with Crippen molar-refractivity contribution < 1.29 is 34.3 Å². The molecule has 0 fully saturated rings. The monoisotopic (exact) mass is 418 g/mol. The van der Waals surface area contributed by atoms with Crippen LogP contribution in [0.15, 0.2) is 54.7 Å². The number of H-pyrrole nitrogens is 1. The minimum atomic E-state index is 0. The van der Waals surface area contributed by atoms with Gasteiger partial charge in [-0.1, -0.05) is 42.0 Å². The van der Waals surface area contributed by atoms with E-state index in [1.165, 1.54) is 35.2 Å². The van der Waals surface area contributed by atoms with Gasteiger partial charge in [-0.25, -0.2) is 9.55 Å². The van der Waals surface area contributed by atoms with Crippen LogP contribution in [0.4, 0.5) is 0 Å². The van der Waals surface area contributed by atoms with Gasteiger partial charge >= 0.3 is 5.78 Å². The molecule has 2 N–H and O–H groups in total. The van der Waals surface area contributed by atoms with E-state index in [4.69, 9.17) is 0 Å². The van der Waals surface area contributed by atoms with Crippen LogP contribution in [0, 0.1) is 6.92 Å². The van der Waals surface area contributed by atoms with Crippen LogP contribution in [0.25, 0.3) is 28.1 Å². The zero-order valence-corrected chi connectivity index (χ0v) is 18.2. The van der Waals surface area contributed by atoms with E-state index in [9.17, 15) is 0 Å². The molecule has 0 aliphatic rings. The van der Waals surface area contributed by atoms with Gasteiger partial charge in [-0.05, 0) is 32.9 Å². The molecular weight excluding hydrogens is 391 g/mol. The lowest BCUT2D eigenvalue weighted by molar-refractivity contribution is -0.912. The molecule has 0 unspecified atom stereocenters. The minimum Gasteiger partial charge on any atom is -1.00 e. The van der Waals surface area contributed by atoms with Crippen molar-refractivity contribution in [3.05, 3.63) is 60.3 Å². The average molecular weight is 419 g/mol. The molecule has 0 saturated carbocycles. The standard InChI is InChI=1S/C22H26N4.2ClH/c1-4-24(5-2)14-15-25-20-8-6-7-9-21(20)26-16-19(23-22(25)26)18-12-10-17(3)11-13-18;;/h6-13,16H,4-5,14-15H2,1-3H3;2*1H. The Morgan fingerprint density at radius 1 is 0.964 bits per heavy atom. The van der Waals surface area contributed by atoms with E-state index in [-0.39, 0.29) is 24.8 Å². The Morgan fingerprint density at radius 2 is 1.64 bits per heavy atom. The first-order chi connectivity index (χ1) is 12.7. The van der Waals surface area contributed by atoms with Gasteiger partial charge in [0, 0.05) is 5.56 Å².